The molecule has 2 aromatic rings. The number of aliphatic hydroxyl groups excluding tert-OH is 2. The van der Waals surface area contributed by atoms with Gasteiger partial charge >= 0.3 is 12.1 Å². The summed E-state index contributed by atoms with van der Waals surface area (Å²) >= 11 is 0. The molecule has 0 fully saturated rings. The fourth-order valence-corrected chi connectivity index (χ4v) is 8.09. The summed E-state index contributed by atoms with van der Waals surface area (Å²) in [6.07, 6.45) is -0.385. The number of fused-ring (bicyclic) bond motifs is 3. The van der Waals surface area contributed by atoms with Crippen LogP contribution in [-0.4, -0.2) is 100 Å². The van der Waals surface area contributed by atoms with Crippen LogP contribution in [0.4, 0.5) is 4.79 Å². The number of alkyl carbamates (subject to hydrolysis) is 1. The molecule has 3 aliphatic rings. The Kier molecular flexibility index (Phi) is 13.2. The largest absolute Gasteiger partial charge is 0.511 e. The van der Waals surface area contributed by atoms with Crippen LogP contribution in [-0.2, 0) is 23.9 Å². The van der Waals surface area contributed by atoms with Gasteiger partial charge in [-0.05, 0) is 53.4 Å². The maximum absolute atomic E-state index is 14.2. The number of nitrogens with zero attached hydrogens (tertiary/aromatic N) is 3. The molecule has 13 nitrogen and oxygen atoms in total. The number of Topliss-reactive ketones (excluding diaryl/α,β-unsaturated/α-hetero) is 2. The van der Waals surface area contributed by atoms with Crippen molar-refractivity contribution in [1.29, 1.82) is 0 Å². The van der Waals surface area contributed by atoms with E-state index in [0.717, 1.165) is 22.3 Å². The Hall–Kier alpha value is -5.59. The zero-order valence-corrected chi connectivity index (χ0v) is 33.7. The number of carboxylic acid groups (broad SMARTS) is 1. The number of nitrogens with one attached hydrogen (secondary N) is 1. The molecule has 0 saturated carbocycles. The number of ketones is 2. The number of benzene rings is 2. The van der Waals surface area contributed by atoms with E-state index < -0.39 is 30.4 Å². The van der Waals surface area contributed by atoms with Crippen molar-refractivity contribution in [2.75, 3.05) is 32.8 Å². The third-order valence-corrected chi connectivity index (χ3v) is 10.8. The molecule has 4 N–H and O–H groups in total. The van der Waals surface area contributed by atoms with E-state index in [4.69, 9.17) is 4.74 Å². The predicted molar refractivity (Wildman–Crippen MR) is 217 cm³/mol. The third-order valence-electron chi connectivity index (χ3n) is 10.8. The SMILES string of the molecule is CC(=NCCN(CCN=C(C)C1=C(O)CC(C)(C)CC1=O)C(=O)C(CCC(=O)O)NC(=O)OCC1c2ccccc2-c2ccccc21)C1=C(O)CC(C)(C)CC1=O. The lowest BCUT2D eigenvalue weighted by atomic mass is 9.76. The molecular weight excluding hydrogens is 729 g/mol. The van der Waals surface area contributed by atoms with Crippen molar-refractivity contribution in [3.63, 3.8) is 0 Å². The van der Waals surface area contributed by atoms with E-state index in [1.807, 2.05) is 76.2 Å². The summed E-state index contributed by atoms with van der Waals surface area (Å²) < 4.78 is 5.70. The van der Waals surface area contributed by atoms with Crippen LogP contribution in [0.1, 0.15) is 97.1 Å². The summed E-state index contributed by atoms with van der Waals surface area (Å²) in [6, 6.07) is 14.5. The Morgan fingerprint density at radius 1 is 0.789 bits per heavy atom. The van der Waals surface area contributed by atoms with Crippen LogP contribution in [0.25, 0.3) is 11.1 Å². The number of carboxylic acids is 1. The minimum Gasteiger partial charge on any atom is -0.511 e. The monoisotopic (exact) mass is 782 g/mol. The molecule has 0 spiro atoms. The highest BCUT2D eigenvalue weighted by Gasteiger charge is 2.36. The molecule has 0 radical (unpaired) electrons. The fourth-order valence-electron chi connectivity index (χ4n) is 8.09. The topological polar surface area (TPSA) is 195 Å². The number of allylic oxidation sites excluding steroid dienone is 4. The molecule has 57 heavy (non-hydrogen) atoms. The van der Waals surface area contributed by atoms with Crippen LogP contribution in [0.15, 0.2) is 81.2 Å². The van der Waals surface area contributed by atoms with E-state index in [0.29, 0.717) is 24.3 Å². The molecular formula is C44H54N4O9. The fraction of sp³-hybridized carbons (Fsp3) is 0.477. The van der Waals surface area contributed by atoms with Gasteiger partial charge in [0.1, 0.15) is 24.2 Å². The van der Waals surface area contributed by atoms with Crippen molar-refractivity contribution in [3.8, 4) is 11.1 Å². The lowest BCUT2D eigenvalue weighted by Crippen LogP contribution is -2.50. The van der Waals surface area contributed by atoms with Crippen molar-refractivity contribution in [2.24, 2.45) is 20.8 Å². The van der Waals surface area contributed by atoms with Crippen LogP contribution >= 0.6 is 0 Å². The molecule has 0 bridgehead atoms. The molecule has 2 amide bonds. The molecule has 0 aliphatic heterocycles. The quantitative estimate of drug-likeness (QED) is 0.139. The summed E-state index contributed by atoms with van der Waals surface area (Å²) in [7, 11) is 0. The van der Waals surface area contributed by atoms with Crippen LogP contribution in [0, 0.1) is 10.8 Å². The van der Waals surface area contributed by atoms with Crippen molar-refractivity contribution in [3.05, 3.63) is 82.3 Å². The number of ether oxygens (including phenoxy) is 1. The van der Waals surface area contributed by atoms with Gasteiger partial charge in [-0.2, -0.15) is 0 Å². The first-order valence-electron chi connectivity index (χ1n) is 19.4. The molecule has 304 valence electrons. The number of aliphatic imine (C=N–C) groups is 2. The second-order valence-electron chi connectivity index (χ2n) is 16.7. The van der Waals surface area contributed by atoms with Gasteiger partial charge in [-0.3, -0.25) is 29.2 Å². The number of carbonyl (C=O) groups is 5. The first-order valence-corrected chi connectivity index (χ1v) is 19.4. The smallest absolute Gasteiger partial charge is 0.407 e. The van der Waals surface area contributed by atoms with Crippen LogP contribution in [0.2, 0.25) is 0 Å². The van der Waals surface area contributed by atoms with E-state index in [1.54, 1.807) is 13.8 Å². The van der Waals surface area contributed by atoms with Gasteiger partial charge in [0.05, 0.1) is 24.2 Å². The van der Waals surface area contributed by atoms with E-state index in [1.165, 1.54) is 4.90 Å². The molecule has 2 aromatic carbocycles. The molecule has 5 rings (SSSR count). The second-order valence-corrected chi connectivity index (χ2v) is 16.7. The lowest BCUT2D eigenvalue weighted by molar-refractivity contribution is -0.138. The van der Waals surface area contributed by atoms with Gasteiger partial charge in [-0.15, -0.1) is 0 Å². The van der Waals surface area contributed by atoms with Gasteiger partial charge in [0.15, 0.2) is 11.6 Å². The standard InChI is InChI=1S/C44H54N4O9/c1-26(39-34(49)21-43(3,4)22-35(39)50)45-17-19-48(20-18-46-27(2)40-36(51)23-44(5,6)24-37(40)52)41(55)33(15-16-38(53)54)47-42(56)57-25-32-30-13-9-7-11-28(30)29-12-8-10-14-31(29)32/h7-14,32-33,49,51H,15-25H2,1-6H3,(H,47,56)(H,53,54). The summed E-state index contributed by atoms with van der Waals surface area (Å²) in [4.78, 5) is 75.6. The van der Waals surface area contributed by atoms with Gasteiger partial charge < -0.3 is 30.3 Å². The molecule has 1 unspecified atom stereocenters. The van der Waals surface area contributed by atoms with Crippen molar-refractivity contribution in [2.45, 2.75) is 92.0 Å². The van der Waals surface area contributed by atoms with Crippen LogP contribution in [0.3, 0.4) is 0 Å². The minimum atomic E-state index is -1.28. The minimum absolute atomic E-state index is 0.00449. The summed E-state index contributed by atoms with van der Waals surface area (Å²) in [5.74, 6) is -2.49. The Bertz CT molecular complexity index is 1940. The highest BCUT2D eigenvalue weighted by Crippen LogP contribution is 2.44. The first-order chi connectivity index (χ1) is 26.9. The second kappa shape index (κ2) is 17.7. The summed E-state index contributed by atoms with van der Waals surface area (Å²) in [5.41, 5.74) is 4.33. The van der Waals surface area contributed by atoms with E-state index in [2.05, 4.69) is 15.3 Å². The van der Waals surface area contributed by atoms with Gasteiger partial charge in [0, 0.05) is 62.5 Å². The number of aliphatic carboxylic acids is 1. The molecule has 1 atom stereocenters. The average molecular weight is 783 g/mol. The molecule has 3 aliphatic carbocycles. The number of aliphatic hydroxyl groups is 2. The van der Waals surface area contributed by atoms with Crippen LogP contribution < -0.4 is 5.32 Å². The van der Waals surface area contributed by atoms with E-state index >= 15 is 0 Å². The average Bonchev–Trinajstić information content (AvgIpc) is 3.43. The predicted octanol–water partition coefficient (Wildman–Crippen LogP) is 6.91. The van der Waals surface area contributed by atoms with Gasteiger partial charge in [0.25, 0.3) is 0 Å². The zero-order valence-electron chi connectivity index (χ0n) is 33.7. The molecule has 13 heteroatoms. The van der Waals surface area contributed by atoms with Gasteiger partial charge in [0.2, 0.25) is 5.91 Å². The number of hydrogen-bond acceptors (Lipinski definition) is 10. The Balaban J connectivity index is 1.34. The maximum Gasteiger partial charge on any atom is 0.407 e. The summed E-state index contributed by atoms with van der Waals surface area (Å²) in [6.45, 7) is 10.9. The van der Waals surface area contributed by atoms with Crippen LogP contribution in [0.5, 0.6) is 0 Å². The Morgan fingerprint density at radius 3 is 1.68 bits per heavy atom. The number of hydrogen-bond donors (Lipinski definition) is 4. The van der Waals surface area contributed by atoms with E-state index in [9.17, 15) is 39.3 Å². The van der Waals surface area contributed by atoms with E-state index in [-0.39, 0.29) is 103 Å². The number of amides is 2. The number of rotatable bonds is 15. The highest BCUT2D eigenvalue weighted by molar-refractivity contribution is 6.23. The van der Waals surface area contributed by atoms with Crippen molar-refractivity contribution in [1.82, 2.24) is 10.2 Å². The molecule has 0 heterocycles. The van der Waals surface area contributed by atoms with Gasteiger partial charge in [-0.1, -0.05) is 76.2 Å². The first kappa shape index (κ1) is 42.6. The maximum atomic E-state index is 14.2. The summed E-state index contributed by atoms with van der Waals surface area (Å²) in [5, 5.41) is 33.6. The molecule has 0 saturated heterocycles. The lowest BCUT2D eigenvalue weighted by Gasteiger charge is -2.30. The van der Waals surface area contributed by atoms with Crippen molar-refractivity contribution < 1.29 is 44.0 Å². The van der Waals surface area contributed by atoms with Gasteiger partial charge in [-0.25, -0.2) is 4.79 Å². The third kappa shape index (κ3) is 10.4. The highest BCUT2D eigenvalue weighted by atomic mass is 16.5. The Labute approximate surface area is 333 Å². The Morgan fingerprint density at radius 2 is 1.25 bits per heavy atom. The zero-order chi connectivity index (χ0) is 41.7. The number of carbonyl (C=O) groups excluding carboxylic acids is 4. The molecule has 0 aromatic heterocycles. The normalized spacial score (nSPS) is 18.6. The van der Waals surface area contributed by atoms with Crippen molar-refractivity contribution >= 4 is 41.0 Å².